The molecule has 106 valence electrons. The zero-order valence-electron chi connectivity index (χ0n) is 11.7. The second-order valence-corrected chi connectivity index (χ2v) is 4.35. The molecule has 0 aromatic heterocycles. The highest BCUT2D eigenvalue weighted by atomic mass is 16.1. The molecule has 0 aromatic rings. The molecule has 0 saturated carbocycles. The maximum Gasteiger partial charge on any atom is 0.134 e. The molecular formula is C16H18O4. The van der Waals surface area contributed by atoms with Crippen molar-refractivity contribution in [3.63, 3.8) is 0 Å². The third-order valence-electron chi connectivity index (χ3n) is 2.89. The predicted octanol–water partition coefficient (Wildman–Crippen LogP) is 2.40. The van der Waals surface area contributed by atoms with E-state index in [2.05, 4.69) is 6.92 Å². The number of rotatable bonds is 10. The fourth-order valence-electron chi connectivity index (χ4n) is 1.80. The largest absolute Gasteiger partial charge is 0.233 e. The van der Waals surface area contributed by atoms with Crippen LogP contribution in [0.15, 0.2) is 22.8 Å². The Bertz CT molecular complexity index is 505. The molecule has 4 nitrogen and oxygen atoms in total. The van der Waals surface area contributed by atoms with Crippen LogP contribution in [0.2, 0.25) is 0 Å². The Morgan fingerprint density at radius 2 is 1.50 bits per heavy atom. The maximum absolute atomic E-state index is 10.9. The SMILES string of the molecule is CCCCCCCCC(=C=O)C(=C=O)C(=C=O)C=C=O. The van der Waals surface area contributed by atoms with Gasteiger partial charge >= 0.3 is 0 Å². The van der Waals surface area contributed by atoms with Gasteiger partial charge in [0, 0.05) is 6.08 Å². The van der Waals surface area contributed by atoms with Gasteiger partial charge in [0.1, 0.15) is 23.8 Å². The molecule has 0 amide bonds. The standard InChI is InChI=1S/C16H18O4/c1-2-3-4-5-6-7-8-14(11-18)16(13-20)15(12-19)9-10-17/h9H,2-8H2,1H3. The third-order valence-corrected chi connectivity index (χ3v) is 2.89. The van der Waals surface area contributed by atoms with Crippen molar-refractivity contribution < 1.29 is 19.2 Å². The van der Waals surface area contributed by atoms with Crippen molar-refractivity contribution in [3.8, 4) is 0 Å². The van der Waals surface area contributed by atoms with Crippen LogP contribution in [0.1, 0.15) is 51.9 Å². The minimum Gasteiger partial charge on any atom is -0.233 e. The molecule has 4 heteroatoms. The highest BCUT2D eigenvalue weighted by Gasteiger charge is 2.13. The van der Waals surface area contributed by atoms with Crippen molar-refractivity contribution in [2.45, 2.75) is 51.9 Å². The number of allylic oxidation sites excluding steroid dienone is 4. The summed E-state index contributed by atoms with van der Waals surface area (Å²) < 4.78 is 0. The minimum atomic E-state index is -0.306. The van der Waals surface area contributed by atoms with Crippen molar-refractivity contribution in [2.75, 3.05) is 0 Å². The molecule has 0 fully saturated rings. The molecule has 0 saturated heterocycles. The van der Waals surface area contributed by atoms with Crippen LogP contribution >= 0.6 is 0 Å². The molecule has 0 atom stereocenters. The van der Waals surface area contributed by atoms with Crippen molar-refractivity contribution >= 4 is 23.8 Å². The van der Waals surface area contributed by atoms with Crippen LogP contribution < -0.4 is 0 Å². The molecule has 0 aliphatic rings. The van der Waals surface area contributed by atoms with Gasteiger partial charge in [-0.3, -0.25) is 0 Å². The van der Waals surface area contributed by atoms with Crippen LogP contribution in [-0.4, -0.2) is 23.8 Å². The summed E-state index contributed by atoms with van der Waals surface area (Å²) in [7, 11) is 0. The van der Waals surface area contributed by atoms with E-state index < -0.39 is 0 Å². The molecule has 0 radical (unpaired) electrons. The summed E-state index contributed by atoms with van der Waals surface area (Å²) in [6.45, 7) is 2.13. The normalized spacial score (nSPS) is 8.65. The first-order valence-electron chi connectivity index (χ1n) is 6.70. The smallest absolute Gasteiger partial charge is 0.134 e. The van der Waals surface area contributed by atoms with E-state index in [1.54, 1.807) is 5.94 Å². The molecule has 0 N–H and O–H groups in total. The number of unbranched alkanes of at least 4 members (excludes halogenated alkanes) is 5. The van der Waals surface area contributed by atoms with E-state index in [0.29, 0.717) is 6.42 Å². The van der Waals surface area contributed by atoms with Crippen molar-refractivity contribution in [2.24, 2.45) is 0 Å². The molecule has 0 heterocycles. The van der Waals surface area contributed by atoms with Crippen molar-refractivity contribution in [1.29, 1.82) is 0 Å². The lowest BCUT2D eigenvalue weighted by atomic mass is 9.96. The summed E-state index contributed by atoms with van der Waals surface area (Å²) in [5, 5.41) is 0. The van der Waals surface area contributed by atoms with Gasteiger partial charge in [-0.15, -0.1) is 0 Å². The predicted molar refractivity (Wildman–Crippen MR) is 75.9 cm³/mol. The summed E-state index contributed by atoms with van der Waals surface area (Å²) in [5.74, 6) is 5.98. The molecule has 0 aromatic carbocycles. The van der Waals surface area contributed by atoms with Crippen molar-refractivity contribution in [1.82, 2.24) is 0 Å². The van der Waals surface area contributed by atoms with Crippen molar-refractivity contribution in [3.05, 3.63) is 22.8 Å². The lowest BCUT2D eigenvalue weighted by molar-refractivity contribution is 0.560. The first-order valence-corrected chi connectivity index (χ1v) is 6.70. The Hall–Kier alpha value is -2.20. The quantitative estimate of drug-likeness (QED) is 0.348. The number of carbonyl (C=O) groups excluding carboxylic acids is 4. The summed E-state index contributed by atoms with van der Waals surface area (Å²) >= 11 is 0. The second-order valence-electron chi connectivity index (χ2n) is 4.35. The van der Waals surface area contributed by atoms with E-state index in [4.69, 9.17) is 0 Å². The van der Waals surface area contributed by atoms with Gasteiger partial charge in [0.15, 0.2) is 0 Å². The van der Waals surface area contributed by atoms with Gasteiger partial charge in [-0.1, -0.05) is 39.0 Å². The average molecular weight is 274 g/mol. The minimum absolute atomic E-state index is 0.0559. The van der Waals surface area contributed by atoms with Crippen LogP contribution in [-0.2, 0) is 19.2 Å². The van der Waals surface area contributed by atoms with E-state index in [9.17, 15) is 19.2 Å². The van der Waals surface area contributed by atoms with Crippen LogP contribution in [0.4, 0.5) is 0 Å². The number of hydrogen-bond acceptors (Lipinski definition) is 4. The molecule has 0 aliphatic carbocycles. The zero-order chi connectivity index (χ0) is 15.2. The van der Waals surface area contributed by atoms with Crippen LogP contribution in [0, 0.1) is 0 Å². The molecular weight excluding hydrogens is 256 g/mol. The summed E-state index contributed by atoms with van der Waals surface area (Å²) in [5.41, 5.74) is -0.494. The van der Waals surface area contributed by atoms with Gasteiger partial charge in [-0.25, -0.2) is 19.2 Å². The highest BCUT2D eigenvalue weighted by Crippen LogP contribution is 2.19. The second kappa shape index (κ2) is 11.9. The Kier molecular flexibility index (Phi) is 10.6. The Morgan fingerprint density at radius 1 is 0.850 bits per heavy atom. The molecule has 0 aliphatic heterocycles. The van der Waals surface area contributed by atoms with Gasteiger partial charge < -0.3 is 0 Å². The summed E-state index contributed by atoms with van der Waals surface area (Å²) in [6.07, 6.45) is 7.29. The van der Waals surface area contributed by atoms with E-state index in [-0.39, 0.29) is 16.7 Å². The lowest BCUT2D eigenvalue weighted by Gasteiger charge is -2.03. The first kappa shape index (κ1) is 17.8. The molecule has 0 bridgehead atoms. The maximum atomic E-state index is 10.9. The molecule has 0 rings (SSSR count). The van der Waals surface area contributed by atoms with Gasteiger partial charge in [-0.05, 0) is 12.8 Å². The summed E-state index contributed by atoms with van der Waals surface area (Å²) in [4.78, 5) is 42.6. The van der Waals surface area contributed by atoms with E-state index in [1.807, 2.05) is 0 Å². The Balaban J connectivity index is 4.60. The van der Waals surface area contributed by atoms with E-state index in [0.717, 1.165) is 38.2 Å². The van der Waals surface area contributed by atoms with Crippen LogP contribution in [0.25, 0.3) is 0 Å². The van der Waals surface area contributed by atoms with Gasteiger partial charge in [-0.2, -0.15) is 0 Å². The molecule has 0 unspecified atom stereocenters. The van der Waals surface area contributed by atoms with E-state index >= 15 is 0 Å². The fraction of sp³-hybridized carbons (Fsp3) is 0.500. The van der Waals surface area contributed by atoms with Crippen LogP contribution in [0.5, 0.6) is 0 Å². The average Bonchev–Trinajstić information content (AvgIpc) is 2.48. The lowest BCUT2D eigenvalue weighted by Crippen LogP contribution is -1.97. The monoisotopic (exact) mass is 274 g/mol. The van der Waals surface area contributed by atoms with E-state index in [1.165, 1.54) is 24.2 Å². The zero-order valence-corrected chi connectivity index (χ0v) is 11.7. The van der Waals surface area contributed by atoms with Gasteiger partial charge in [0.2, 0.25) is 0 Å². The van der Waals surface area contributed by atoms with Gasteiger partial charge in [0.25, 0.3) is 0 Å². The Labute approximate surface area is 118 Å². The van der Waals surface area contributed by atoms with Crippen LogP contribution in [0.3, 0.4) is 0 Å². The molecule has 0 spiro atoms. The highest BCUT2D eigenvalue weighted by molar-refractivity contribution is 5.86. The van der Waals surface area contributed by atoms with Gasteiger partial charge in [0.05, 0.1) is 16.7 Å². The first-order chi connectivity index (χ1) is 9.74. The third kappa shape index (κ3) is 6.66. The Morgan fingerprint density at radius 3 is 2.00 bits per heavy atom. The number of hydrogen-bond donors (Lipinski definition) is 0. The topological polar surface area (TPSA) is 68.3 Å². The summed E-state index contributed by atoms with van der Waals surface area (Å²) in [6, 6.07) is 0. The molecule has 20 heavy (non-hydrogen) atoms. The fourth-order valence-corrected chi connectivity index (χ4v) is 1.80.